The van der Waals surface area contributed by atoms with Gasteiger partial charge in [0.25, 0.3) is 0 Å². The molecule has 88 heavy (non-hydrogen) atoms. The van der Waals surface area contributed by atoms with E-state index in [1.807, 2.05) is 6.08 Å². The second kappa shape index (κ2) is 50.3. The van der Waals surface area contributed by atoms with Gasteiger partial charge in [0.1, 0.15) is 73.2 Å². The van der Waals surface area contributed by atoms with Gasteiger partial charge in [0.2, 0.25) is 5.91 Å². The Kier molecular flexibility index (Phi) is 45.1. The normalized spacial score (nSPS) is 29.0. The minimum absolute atomic E-state index is 0.197. The van der Waals surface area contributed by atoms with E-state index in [9.17, 15) is 61.0 Å². The molecule has 1 amide bonds. The highest BCUT2D eigenvalue weighted by atomic mass is 16.8. The number of rotatable bonds is 49. The Balaban J connectivity index is 1.48. The van der Waals surface area contributed by atoms with E-state index in [-0.39, 0.29) is 18.9 Å². The molecule has 19 nitrogen and oxygen atoms in total. The Morgan fingerprint density at radius 2 is 0.784 bits per heavy atom. The molecule has 0 radical (unpaired) electrons. The third-order valence-corrected chi connectivity index (χ3v) is 16.1. The van der Waals surface area contributed by atoms with Gasteiger partial charge in [0.05, 0.1) is 38.6 Å². The summed E-state index contributed by atoms with van der Waals surface area (Å²) in [5.74, 6) is -0.311. The molecule has 0 aromatic rings. The number of allylic oxidation sites excluding steroid dienone is 15. The van der Waals surface area contributed by atoms with E-state index in [0.717, 1.165) is 89.9 Å². The lowest BCUT2D eigenvalue weighted by atomic mass is 9.96. The van der Waals surface area contributed by atoms with Crippen molar-refractivity contribution in [3.63, 3.8) is 0 Å². The maximum atomic E-state index is 13.4. The molecule has 0 spiro atoms. The summed E-state index contributed by atoms with van der Waals surface area (Å²) in [6.07, 6.45) is 38.0. The number of carbonyl (C=O) groups is 1. The number of unbranched alkanes of at least 4 members (excludes halogenated alkanes) is 19. The Morgan fingerprint density at radius 1 is 0.420 bits per heavy atom. The minimum atomic E-state index is -1.99. The standard InChI is InChI=1S/C69H117NO18/c1-3-5-7-9-11-13-15-17-19-21-23-24-25-26-27-28-29-31-33-35-37-39-41-43-45-47-57(75)70-52(53(74)46-44-42-40-38-36-34-32-30-22-20-18-16-14-12-10-8-6-4-2)51-83-67-63(81)60(78)65(55(49-72)85-67)88-69-64(82)61(79)66(56(50-73)86-69)87-68-62(80)59(77)58(76)54(48-71)84-68/h5,7,11,13,17,19,23-24,26-27,29,31,35,37,44,46,52-56,58-69,71-74,76-82H,3-4,6,8-10,12,14-16,18,20-22,25,28,30,32-34,36,38-43,45,47-51H2,1-2H3,(H,70,75)/b7-5-,13-11-,19-17-,24-23-,27-26-,31-29-,37-35-,46-44+. The van der Waals surface area contributed by atoms with Crippen molar-refractivity contribution in [1.29, 1.82) is 0 Å². The van der Waals surface area contributed by atoms with Crippen molar-refractivity contribution >= 4 is 5.91 Å². The molecule has 3 aliphatic rings. The molecule has 19 heteroatoms. The molecule has 12 N–H and O–H groups in total. The number of aliphatic hydroxyl groups is 11. The van der Waals surface area contributed by atoms with Gasteiger partial charge in [0, 0.05) is 6.42 Å². The average Bonchev–Trinajstić information content (AvgIpc) is 3.70. The van der Waals surface area contributed by atoms with Crippen molar-refractivity contribution in [2.75, 3.05) is 26.4 Å². The topological polar surface area (TPSA) is 307 Å². The zero-order valence-electron chi connectivity index (χ0n) is 53.2. The molecule has 0 saturated carbocycles. The first-order valence-electron chi connectivity index (χ1n) is 33.5. The molecule has 0 aliphatic carbocycles. The van der Waals surface area contributed by atoms with Crippen LogP contribution in [0, 0.1) is 0 Å². The number of hydrogen-bond donors (Lipinski definition) is 12. The van der Waals surface area contributed by atoms with E-state index in [0.29, 0.717) is 6.42 Å². The minimum Gasteiger partial charge on any atom is -0.394 e. The van der Waals surface area contributed by atoms with Gasteiger partial charge in [0.15, 0.2) is 18.9 Å². The first-order valence-corrected chi connectivity index (χ1v) is 33.5. The molecule has 0 bridgehead atoms. The van der Waals surface area contributed by atoms with Gasteiger partial charge in [-0.25, -0.2) is 0 Å². The molecular weight excluding hydrogens is 1130 g/mol. The van der Waals surface area contributed by atoms with Crippen molar-refractivity contribution in [3.05, 3.63) is 97.2 Å². The maximum absolute atomic E-state index is 13.4. The van der Waals surface area contributed by atoms with E-state index in [2.05, 4.69) is 104 Å². The van der Waals surface area contributed by atoms with Crippen molar-refractivity contribution < 1.29 is 89.4 Å². The molecule has 17 atom stereocenters. The van der Waals surface area contributed by atoms with Gasteiger partial charge in [-0.1, -0.05) is 214 Å². The summed E-state index contributed by atoms with van der Waals surface area (Å²) >= 11 is 0. The molecule has 3 saturated heterocycles. The van der Waals surface area contributed by atoms with Crippen LogP contribution in [0.25, 0.3) is 0 Å². The molecule has 3 aliphatic heterocycles. The van der Waals surface area contributed by atoms with Crippen molar-refractivity contribution in [2.45, 2.75) is 304 Å². The van der Waals surface area contributed by atoms with Crippen LogP contribution in [0.3, 0.4) is 0 Å². The first kappa shape index (κ1) is 78.9. The van der Waals surface area contributed by atoms with Crippen LogP contribution in [0.1, 0.15) is 200 Å². The van der Waals surface area contributed by atoms with Gasteiger partial charge >= 0.3 is 0 Å². The van der Waals surface area contributed by atoms with Crippen LogP contribution < -0.4 is 5.32 Å². The van der Waals surface area contributed by atoms with E-state index in [1.165, 1.54) is 83.5 Å². The van der Waals surface area contributed by atoms with Gasteiger partial charge in [-0.15, -0.1) is 0 Å². The van der Waals surface area contributed by atoms with Gasteiger partial charge in [-0.3, -0.25) is 4.79 Å². The fourth-order valence-corrected chi connectivity index (χ4v) is 10.7. The summed E-state index contributed by atoms with van der Waals surface area (Å²) < 4.78 is 34.3. The predicted octanol–water partition coefficient (Wildman–Crippen LogP) is 8.10. The van der Waals surface area contributed by atoms with Gasteiger partial charge in [-0.05, 0) is 77.0 Å². The lowest BCUT2D eigenvalue weighted by Gasteiger charge is -2.48. The van der Waals surface area contributed by atoms with Crippen LogP contribution in [-0.4, -0.2) is 193 Å². The number of ether oxygens (including phenoxy) is 6. The summed E-state index contributed by atoms with van der Waals surface area (Å²) in [5, 5.41) is 120. The van der Waals surface area contributed by atoms with Crippen LogP contribution in [0.5, 0.6) is 0 Å². The van der Waals surface area contributed by atoms with Crippen LogP contribution in [0.4, 0.5) is 0 Å². The van der Waals surface area contributed by atoms with Crippen LogP contribution >= 0.6 is 0 Å². The van der Waals surface area contributed by atoms with Gasteiger partial charge in [-0.2, -0.15) is 0 Å². The Hall–Kier alpha value is -3.29. The fraction of sp³-hybridized carbons (Fsp3) is 0.754. The Labute approximate surface area is 526 Å². The number of nitrogens with one attached hydrogen (secondary N) is 1. The average molecular weight is 1250 g/mol. The Bertz CT molecular complexity index is 1970. The summed E-state index contributed by atoms with van der Waals surface area (Å²) in [7, 11) is 0. The molecule has 0 aromatic carbocycles. The number of carbonyl (C=O) groups excluding carboxylic acids is 1. The highest BCUT2D eigenvalue weighted by Crippen LogP contribution is 2.33. The maximum Gasteiger partial charge on any atom is 0.220 e. The molecular formula is C69H117NO18. The number of hydrogen-bond acceptors (Lipinski definition) is 18. The molecule has 3 rings (SSSR count). The number of amides is 1. The highest BCUT2D eigenvalue weighted by molar-refractivity contribution is 5.76. The monoisotopic (exact) mass is 1250 g/mol. The van der Waals surface area contributed by atoms with Crippen LogP contribution in [0.2, 0.25) is 0 Å². The fourth-order valence-electron chi connectivity index (χ4n) is 10.7. The zero-order chi connectivity index (χ0) is 64.0. The molecule has 3 heterocycles. The number of aliphatic hydroxyl groups excluding tert-OH is 11. The molecule has 506 valence electrons. The Morgan fingerprint density at radius 3 is 1.23 bits per heavy atom. The highest BCUT2D eigenvalue weighted by Gasteiger charge is 2.53. The van der Waals surface area contributed by atoms with Crippen molar-refractivity contribution in [2.24, 2.45) is 0 Å². The summed E-state index contributed by atoms with van der Waals surface area (Å²) in [4.78, 5) is 13.4. The van der Waals surface area contributed by atoms with Crippen molar-refractivity contribution in [3.8, 4) is 0 Å². The quantitative estimate of drug-likeness (QED) is 0.0202. The SMILES string of the molecule is CC/C=C\C/C=C\C/C=C\C/C=C\C/C=C\C/C=C\C/C=C\CCCCCC(=O)NC(COC1OC(CO)C(OC2OC(CO)C(OC3OC(CO)C(O)C(O)C3O)C(O)C2O)C(O)C1O)C(O)/C=C/CCCCCCCCCCCCCCCCCC. The zero-order valence-corrected chi connectivity index (χ0v) is 53.2. The lowest BCUT2D eigenvalue weighted by Crippen LogP contribution is -2.66. The summed E-state index contributed by atoms with van der Waals surface area (Å²) in [6.45, 7) is 1.58. The summed E-state index contributed by atoms with van der Waals surface area (Å²) in [6, 6.07) is -0.998. The smallest absolute Gasteiger partial charge is 0.220 e. The van der Waals surface area contributed by atoms with E-state index in [1.54, 1.807) is 6.08 Å². The van der Waals surface area contributed by atoms with E-state index < -0.39 is 124 Å². The van der Waals surface area contributed by atoms with Gasteiger partial charge < -0.3 is 89.9 Å². The van der Waals surface area contributed by atoms with E-state index in [4.69, 9.17) is 28.4 Å². The third kappa shape index (κ3) is 32.3. The first-order chi connectivity index (χ1) is 42.8. The second-order valence-corrected chi connectivity index (χ2v) is 23.6. The second-order valence-electron chi connectivity index (χ2n) is 23.6. The van der Waals surface area contributed by atoms with E-state index >= 15 is 0 Å². The molecule has 17 unspecified atom stereocenters. The van der Waals surface area contributed by atoms with Crippen LogP contribution in [0.15, 0.2) is 97.2 Å². The van der Waals surface area contributed by atoms with Crippen LogP contribution in [-0.2, 0) is 33.2 Å². The summed E-state index contributed by atoms with van der Waals surface area (Å²) in [5.41, 5.74) is 0. The van der Waals surface area contributed by atoms with Crippen molar-refractivity contribution in [1.82, 2.24) is 5.32 Å². The predicted molar refractivity (Wildman–Crippen MR) is 341 cm³/mol. The molecule has 3 fully saturated rings. The molecule has 0 aromatic heterocycles. The largest absolute Gasteiger partial charge is 0.394 e. The lowest BCUT2D eigenvalue weighted by molar-refractivity contribution is -0.379. The third-order valence-electron chi connectivity index (χ3n) is 16.1.